The molecule has 2 heterocycles. The molecule has 0 aliphatic carbocycles. The van der Waals surface area contributed by atoms with Gasteiger partial charge in [0.25, 0.3) is 0 Å². The van der Waals surface area contributed by atoms with E-state index in [0.29, 0.717) is 0 Å². The number of nitrogens with zero attached hydrogens (tertiary/aromatic N) is 1. The Bertz CT molecular complexity index is 250. The van der Waals surface area contributed by atoms with Crippen LogP contribution in [-0.4, -0.2) is 42.8 Å². The Morgan fingerprint density at radius 3 is 2.27 bits per heavy atom. The van der Waals surface area contributed by atoms with Crippen LogP contribution in [0.2, 0.25) is 0 Å². The minimum atomic E-state index is -0.369. The number of nitrogens with two attached hydrogens (primary N) is 1. The molecule has 0 radical (unpaired) electrons. The first-order valence-electron chi connectivity index (χ1n) is 5.75. The van der Waals surface area contributed by atoms with Crippen LogP contribution in [0.15, 0.2) is 0 Å². The molecule has 15 heavy (non-hydrogen) atoms. The van der Waals surface area contributed by atoms with Crippen molar-refractivity contribution in [3.8, 4) is 0 Å². The van der Waals surface area contributed by atoms with Gasteiger partial charge in [-0.05, 0) is 20.8 Å². The van der Waals surface area contributed by atoms with Crippen molar-refractivity contribution in [2.75, 3.05) is 26.2 Å². The van der Waals surface area contributed by atoms with Gasteiger partial charge in [0.15, 0.2) is 0 Å². The predicted octanol–water partition coefficient (Wildman–Crippen LogP) is 0.0465. The van der Waals surface area contributed by atoms with Crippen LogP contribution in [0.3, 0.4) is 0 Å². The van der Waals surface area contributed by atoms with Crippen LogP contribution in [-0.2, 0) is 4.74 Å². The zero-order valence-electron chi connectivity index (χ0n) is 9.82. The number of hydrogen-bond acceptors (Lipinski definition) is 2. The van der Waals surface area contributed by atoms with Gasteiger partial charge in [0, 0.05) is 19.0 Å². The van der Waals surface area contributed by atoms with Crippen molar-refractivity contribution in [1.82, 2.24) is 4.90 Å². The lowest BCUT2D eigenvalue weighted by atomic mass is 9.82. The minimum absolute atomic E-state index is 0.151. The van der Waals surface area contributed by atoms with Crippen molar-refractivity contribution < 1.29 is 14.8 Å². The molecule has 4 heteroatoms. The molecule has 0 bridgehead atoms. The molecule has 86 valence electrons. The fourth-order valence-corrected chi connectivity index (χ4v) is 2.03. The van der Waals surface area contributed by atoms with Crippen LogP contribution >= 0.6 is 0 Å². The number of hydrogen-bond donors (Lipinski definition) is 1. The third kappa shape index (κ3) is 2.43. The summed E-state index contributed by atoms with van der Waals surface area (Å²) >= 11 is 0. The van der Waals surface area contributed by atoms with E-state index in [2.05, 4.69) is 5.32 Å². The summed E-state index contributed by atoms with van der Waals surface area (Å²) in [6.45, 7) is 10.00. The van der Waals surface area contributed by atoms with Crippen LogP contribution in [0.4, 0.5) is 4.79 Å². The van der Waals surface area contributed by atoms with E-state index < -0.39 is 0 Å². The first kappa shape index (κ1) is 10.7. The SMILES string of the molecule is CC(C)(C)OC(=O)N1CC(C2C[NH2+]C2)C1. The van der Waals surface area contributed by atoms with E-state index in [9.17, 15) is 4.79 Å². The molecule has 2 aliphatic rings. The average molecular weight is 213 g/mol. The third-order valence-electron chi connectivity index (χ3n) is 3.17. The summed E-state index contributed by atoms with van der Waals surface area (Å²) in [5.74, 6) is 1.56. The van der Waals surface area contributed by atoms with E-state index in [4.69, 9.17) is 4.74 Å². The fraction of sp³-hybridized carbons (Fsp3) is 0.909. The first-order valence-corrected chi connectivity index (χ1v) is 5.75. The van der Waals surface area contributed by atoms with Crippen LogP contribution in [0, 0.1) is 11.8 Å². The standard InChI is InChI=1S/C11H20N2O2/c1-11(2,3)15-10(14)13-6-9(7-13)8-4-12-5-8/h8-9,12H,4-7H2,1-3H3/p+1. The summed E-state index contributed by atoms with van der Waals surface area (Å²) in [6.07, 6.45) is -0.151. The highest BCUT2D eigenvalue weighted by molar-refractivity contribution is 5.69. The van der Waals surface area contributed by atoms with E-state index >= 15 is 0 Å². The Morgan fingerprint density at radius 2 is 1.87 bits per heavy atom. The Balaban J connectivity index is 1.71. The summed E-state index contributed by atoms with van der Waals surface area (Å²) in [4.78, 5) is 13.4. The molecule has 1 amide bonds. The van der Waals surface area contributed by atoms with Crippen molar-refractivity contribution >= 4 is 6.09 Å². The second kappa shape index (κ2) is 3.67. The summed E-state index contributed by atoms with van der Waals surface area (Å²) in [5, 5.41) is 2.32. The highest BCUT2D eigenvalue weighted by Gasteiger charge is 2.42. The zero-order valence-corrected chi connectivity index (χ0v) is 9.82. The van der Waals surface area contributed by atoms with Gasteiger partial charge in [0.05, 0.1) is 19.0 Å². The number of rotatable bonds is 1. The van der Waals surface area contributed by atoms with Crippen molar-refractivity contribution in [2.24, 2.45) is 11.8 Å². The van der Waals surface area contributed by atoms with Crippen molar-refractivity contribution in [1.29, 1.82) is 0 Å². The summed E-state index contributed by atoms with van der Waals surface area (Å²) in [5.41, 5.74) is -0.369. The monoisotopic (exact) mass is 213 g/mol. The van der Waals surface area contributed by atoms with E-state index in [1.54, 1.807) is 0 Å². The lowest BCUT2D eigenvalue weighted by Crippen LogP contribution is -2.97. The number of amides is 1. The topological polar surface area (TPSA) is 46.1 Å². The maximum Gasteiger partial charge on any atom is 0.410 e. The lowest BCUT2D eigenvalue weighted by molar-refractivity contribution is -0.726. The Labute approximate surface area is 91.0 Å². The van der Waals surface area contributed by atoms with E-state index in [-0.39, 0.29) is 11.7 Å². The normalized spacial score (nSPS) is 23.3. The molecule has 2 N–H and O–H groups in total. The van der Waals surface area contributed by atoms with Crippen molar-refractivity contribution in [3.63, 3.8) is 0 Å². The Morgan fingerprint density at radius 1 is 1.27 bits per heavy atom. The zero-order chi connectivity index (χ0) is 11.1. The molecule has 0 saturated carbocycles. The molecule has 0 aromatic carbocycles. The van der Waals surface area contributed by atoms with E-state index in [0.717, 1.165) is 24.9 Å². The smallest absolute Gasteiger partial charge is 0.410 e. The largest absolute Gasteiger partial charge is 0.444 e. The average Bonchev–Trinajstić information content (AvgIpc) is 1.86. The van der Waals surface area contributed by atoms with Gasteiger partial charge in [-0.2, -0.15) is 0 Å². The molecule has 0 unspecified atom stereocenters. The van der Waals surface area contributed by atoms with Gasteiger partial charge in [-0.1, -0.05) is 0 Å². The molecular weight excluding hydrogens is 192 g/mol. The van der Waals surface area contributed by atoms with Crippen molar-refractivity contribution in [3.05, 3.63) is 0 Å². The molecule has 2 aliphatic heterocycles. The van der Waals surface area contributed by atoms with Gasteiger partial charge in [-0.25, -0.2) is 4.79 Å². The van der Waals surface area contributed by atoms with Gasteiger partial charge >= 0.3 is 6.09 Å². The highest BCUT2D eigenvalue weighted by atomic mass is 16.6. The minimum Gasteiger partial charge on any atom is -0.444 e. The Kier molecular flexibility index (Phi) is 2.63. The first-order chi connectivity index (χ1) is 6.96. The van der Waals surface area contributed by atoms with Gasteiger partial charge < -0.3 is 15.0 Å². The quantitative estimate of drug-likeness (QED) is 0.669. The van der Waals surface area contributed by atoms with E-state index in [1.807, 2.05) is 25.7 Å². The number of likely N-dealkylation sites (tertiary alicyclic amines) is 1. The van der Waals surface area contributed by atoms with Crippen LogP contribution in [0.5, 0.6) is 0 Å². The van der Waals surface area contributed by atoms with Gasteiger partial charge in [0.1, 0.15) is 5.60 Å². The number of quaternary nitrogens is 1. The van der Waals surface area contributed by atoms with Gasteiger partial charge in [-0.3, -0.25) is 0 Å². The van der Waals surface area contributed by atoms with Crippen molar-refractivity contribution in [2.45, 2.75) is 26.4 Å². The Hall–Kier alpha value is -0.770. The molecule has 0 aromatic rings. The van der Waals surface area contributed by atoms with Gasteiger partial charge in [-0.15, -0.1) is 0 Å². The summed E-state index contributed by atoms with van der Waals surface area (Å²) in [7, 11) is 0. The number of ether oxygens (including phenoxy) is 1. The van der Waals surface area contributed by atoms with E-state index in [1.165, 1.54) is 13.1 Å². The van der Waals surface area contributed by atoms with Gasteiger partial charge in [0.2, 0.25) is 0 Å². The predicted molar refractivity (Wildman–Crippen MR) is 56.4 cm³/mol. The maximum absolute atomic E-state index is 11.6. The molecule has 4 nitrogen and oxygen atoms in total. The lowest BCUT2D eigenvalue weighted by Gasteiger charge is -2.44. The highest BCUT2D eigenvalue weighted by Crippen LogP contribution is 2.25. The third-order valence-corrected chi connectivity index (χ3v) is 3.17. The molecule has 0 spiro atoms. The number of carbonyl (C=O) groups is 1. The molecule has 0 aromatic heterocycles. The van der Waals surface area contributed by atoms with Crippen LogP contribution in [0.25, 0.3) is 0 Å². The van der Waals surface area contributed by atoms with Crippen LogP contribution in [0.1, 0.15) is 20.8 Å². The summed E-state index contributed by atoms with van der Waals surface area (Å²) in [6, 6.07) is 0. The molecular formula is C11H21N2O2+. The van der Waals surface area contributed by atoms with Crippen LogP contribution < -0.4 is 5.32 Å². The number of carbonyl (C=O) groups excluding carboxylic acids is 1. The summed E-state index contributed by atoms with van der Waals surface area (Å²) < 4.78 is 5.30. The molecule has 2 saturated heterocycles. The molecule has 2 rings (SSSR count). The second-order valence-electron chi connectivity index (χ2n) is 5.67. The maximum atomic E-state index is 11.6. The fourth-order valence-electron chi connectivity index (χ4n) is 2.03. The molecule has 0 atom stereocenters. The molecule has 2 fully saturated rings. The second-order valence-corrected chi connectivity index (χ2v) is 5.67.